The molecule has 3 rings (SSSR count). The molecule has 1 aromatic heterocycles. The number of hydrogen-bond acceptors (Lipinski definition) is 6. The molecule has 140 valence electrons. The smallest absolute Gasteiger partial charge is 0.258 e. The summed E-state index contributed by atoms with van der Waals surface area (Å²) in [5, 5.41) is 14.9. The molecule has 2 aromatic carbocycles. The summed E-state index contributed by atoms with van der Waals surface area (Å²) in [4.78, 5) is 12.0. The fraction of sp³-hybridized carbons (Fsp3) is 0.222. The highest BCUT2D eigenvalue weighted by Gasteiger charge is 2.10. The van der Waals surface area contributed by atoms with Gasteiger partial charge < -0.3 is 14.8 Å². The summed E-state index contributed by atoms with van der Waals surface area (Å²) < 4.78 is 12.4. The summed E-state index contributed by atoms with van der Waals surface area (Å²) in [5.74, 6) is 1.54. The normalized spacial score (nSPS) is 10.4. The summed E-state index contributed by atoms with van der Waals surface area (Å²) in [7, 11) is 0. The molecule has 8 nitrogen and oxygen atoms in total. The summed E-state index contributed by atoms with van der Waals surface area (Å²) in [5.41, 5.74) is 0.769. The first-order valence-electron chi connectivity index (χ1n) is 8.31. The van der Waals surface area contributed by atoms with Gasteiger partial charge in [0.05, 0.1) is 18.8 Å². The molecule has 0 saturated heterocycles. The van der Waals surface area contributed by atoms with E-state index in [-0.39, 0.29) is 19.1 Å². The summed E-state index contributed by atoms with van der Waals surface area (Å²) in [6.07, 6.45) is 0. The van der Waals surface area contributed by atoms with E-state index in [2.05, 4.69) is 20.8 Å². The molecule has 0 radical (unpaired) electrons. The minimum atomic E-state index is -0.286. The van der Waals surface area contributed by atoms with E-state index >= 15 is 0 Å². The number of benzene rings is 2. The second-order valence-corrected chi connectivity index (χ2v) is 5.89. The van der Waals surface area contributed by atoms with Gasteiger partial charge in [-0.15, -0.1) is 5.10 Å². The lowest BCUT2D eigenvalue weighted by atomic mass is 10.3. The van der Waals surface area contributed by atoms with E-state index in [4.69, 9.17) is 21.1 Å². The Labute approximate surface area is 161 Å². The van der Waals surface area contributed by atoms with Gasteiger partial charge in [0.1, 0.15) is 11.5 Å². The van der Waals surface area contributed by atoms with Gasteiger partial charge >= 0.3 is 0 Å². The van der Waals surface area contributed by atoms with Crippen molar-refractivity contribution in [1.82, 2.24) is 25.5 Å². The van der Waals surface area contributed by atoms with Crippen molar-refractivity contribution < 1.29 is 14.3 Å². The molecular formula is C18H18ClN5O3. The standard InChI is InChI=1S/C18H18ClN5O3/c1-2-26-15-9-5-14(6-10-15)24-17(21-22-23-24)11-20-18(25)12-27-16-7-3-13(19)4-8-16/h3-10H,2,11-12H2,1H3,(H,20,25). The number of hydrogen-bond donors (Lipinski definition) is 1. The Bertz CT molecular complexity index is 881. The number of ether oxygens (including phenoxy) is 2. The largest absolute Gasteiger partial charge is 0.494 e. The van der Waals surface area contributed by atoms with E-state index in [1.807, 2.05) is 31.2 Å². The number of rotatable bonds is 8. The van der Waals surface area contributed by atoms with Gasteiger partial charge in [0.25, 0.3) is 5.91 Å². The van der Waals surface area contributed by atoms with Crippen molar-refractivity contribution in [3.8, 4) is 17.2 Å². The van der Waals surface area contributed by atoms with Gasteiger partial charge in [-0.25, -0.2) is 0 Å². The van der Waals surface area contributed by atoms with E-state index < -0.39 is 0 Å². The molecule has 1 N–H and O–H groups in total. The molecule has 1 amide bonds. The molecule has 0 fully saturated rings. The quantitative estimate of drug-likeness (QED) is 0.638. The van der Waals surface area contributed by atoms with E-state index in [1.165, 1.54) is 0 Å². The van der Waals surface area contributed by atoms with Gasteiger partial charge in [0.2, 0.25) is 0 Å². The second kappa shape index (κ2) is 9.00. The molecule has 27 heavy (non-hydrogen) atoms. The lowest BCUT2D eigenvalue weighted by Gasteiger charge is -2.09. The molecule has 0 spiro atoms. The lowest BCUT2D eigenvalue weighted by molar-refractivity contribution is -0.123. The minimum absolute atomic E-state index is 0.119. The molecule has 0 aliphatic rings. The zero-order valence-corrected chi connectivity index (χ0v) is 15.4. The molecule has 0 bridgehead atoms. The SMILES string of the molecule is CCOc1ccc(-n2nnnc2CNC(=O)COc2ccc(Cl)cc2)cc1. The maximum atomic E-state index is 12.0. The molecule has 0 atom stereocenters. The van der Waals surface area contributed by atoms with Crippen LogP contribution < -0.4 is 14.8 Å². The van der Waals surface area contributed by atoms with Crippen LogP contribution in [-0.4, -0.2) is 39.3 Å². The first-order valence-corrected chi connectivity index (χ1v) is 8.69. The van der Waals surface area contributed by atoms with Crippen LogP contribution in [0, 0.1) is 0 Å². The Kier molecular flexibility index (Phi) is 6.22. The number of carbonyl (C=O) groups excluding carboxylic acids is 1. The van der Waals surface area contributed by atoms with Crippen LogP contribution in [0.25, 0.3) is 5.69 Å². The van der Waals surface area contributed by atoms with Crippen molar-refractivity contribution in [2.24, 2.45) is 0 Å². The third-order valence-electron chi connectivity index (χ3n) is 3.55. The van der Waals surface area contributed by atoms with Crippen LogP contribution in [-0.2, 0) is 11.3 Å². The third-order valence-corrected chi connectivity index (χ3v) is 3.81. The molecule has 1 heterocycles. The topological polar surface area (TPSA) is 91.2 Å². The van der Waals surface area contributed by atoms with Crippen LogP contribution in [0.5, 0.6) is 11.5 Å². The molecule has 0 saturated carbocycles. The number of nitrogens with zero attached hydrogens (tertiary/aromatic N) is 4. The maximum Gasteiger partial charge on any atom is 0.258 e. The van der Waals surface area contributed by atoms with E-state index in [0.29, 0.717) is 23.2 Å². The zero-order valence-electron chi connectivity index (χ0n) is 14.6. The van der Waals surface area contributed by atoms with Crippen molar-refractivity contribution in [2.45, 2.75) is 13.5 Å². The Hall–Kier alpha value is -3.13. The van der Waals surface area contributed by atoms with E-state index in [1.54, 1.807) is 28.9 Å². The van der Waals surface area contributed by atoms with Gasteiger partial charge in [-0.05, 0) is 65.9 Å². The van der Waals surface area contributed by atoms with Crippen LogP contribution in [0.2, 0.25) is 5.02 Å². The van der Waals surface area contributed by atoms with E-state index in [9.17, 15) is 4.79 Å². The average Bonchev–Trinajstić information content (AvgIpc) is 3.15. The van der Waals surface area contributed by atoms with Gasteiger partial charge in [-0.2, -0.15) is 4.68 Å². The number of amides is 1. The van der Waals surface area contributed by atoms with Crippen molar-refractivity contribution >= 4 is 17.5 Å². The third kappa shape index (κ3) is 5.18. The first-order chi connectivity index (χ1) is 13.2. The second-order valence-electron chi connectivity index (χ2n) is 5.45. The fourth-order valence-electron chi connectivity index (χ4n) is 2.28. The summed E-state index contributed by atoms with van der Waals surface area (Å²) >= 11 is 5.81. The number of carbonyl (C=O) groups is 1. The van der Waals surface area contributed by atoms with Crippen LogP contribution in [0.15, 0.2) is 48.5 Å². The predicted octanol–water partition coefficient (Wildman–Crippen LogP) is 2.41. The first kappa shape index (κ1) is 18.7. The Balaban J connectivity index is 1.54. The molecule has 3 aromatic rings. The van der Waals surface area contributed by atoms with Crippen molar-refractivity contribution in [2.75, 3.05) is 13.2 Å². The predicted molar refractivity (Wildman–Crippen MR) is 99.1 cm³/mol. The van der Waals surface area contributed by atoms with Gasteiger partial charge in [-0.1, -0.05) is 11.6 Å². The highest BCUT2D eigenvalue weighted by molar-refractivity contribution is 6.30. The van der Waals surface area contributed by atoms with Gasteiger partial charge in [0.15, 0.2) is 12.4 Å². The number of nitrogens with one attached hydrogen (secondary N) is 1. The number of aromatic nitrogens is 4. The molecule has 9 heteroatoms. The number of halogens is 1. The van der Waals surface area contributed by atoms with E-state index in [0.717, 1.165) is 11.4 Å². The summed E-state index contributed by atoms with van der Waals surface area (Å²) in [6.45, 7) is 2.57. The van der Waals surface area contributed by atoms with Crippen molar-refractivity contribution in [1.29, 1.82) is 0 Å². The molecular weight excluding hydrogens is 370 g/mol. The monoisotopic (exact) mass is 387 g/mol. The number of tetrazole rings is 1. The average molecular weight is 388 g/mol. The highest BCUT2D eigenvalue weighted by atomic mass is 35.5. The van der Waals surface area contributed by atoms with Crippen LogP contribution in [0.4, 0.5) is 0 Å². The Morgan fingerprint density at radius 1 is 1.07 bits per heavy atom. The van der Waals surface area contributed by atoms with Gasteiger partial charge in [-0.3, -0.25) is 4.79 Å². The van der Waals surface area contributed by atoms with Crippen molar-refractivity contribution in [3.05, 3.63) is 59.4 Å². The van der Waals surface area contributed by atoms with Crippen molar-refractivity contribution in [3.63, 3.8) is 0 Å². The fourth-order valence-corrected chi connectivity index (χ4v) is 2.40. The Morgan fingerprint density at radius 2 is 1.74 bits per heavy atom. The van der Waals surface area contributed by atoms with Crippen LogP contribution in [0.3, 0.4) is 0 Å². The van der Waals surface area contributed by atoms with Gasteiger partial charge in [0, 0.05) is 5.02 Å². The molecule has 0 aliphatic carbocycles. The Morgan fingerprint density at radius 3 is 2.44 bits per heavy atom. The highest BCUT2D eigenvalue weighted by Crippen LogP contribution is 2.16. The zero-order chi connectivity index (χ0) is 19.1. The molecule has 0 unspecified atom stereocenters. The minimum Gasteiger partial charge on any atom is -0.494 e. The maximum absolute atomic E-state index is 12.0. The summed E-state index contributed by atoms with van der Waals surface area (Å²) in [6, 6.07) is 14.1. The molecule has 0 aliphatic heterocycles. The van der Waals surface area contributed by atoms with Crippen LogP contribution in [0.1, 0.15) is 12.7 Å². The lowest BCUT2D eigenvalue weighted by Crippen LogP contribution is -2.29. The van der Waals surface area contributed by atoms with Crippen LogP contribution >= 0.6 is 11.6 Å².